The van der Waals surface area contributed by atoms with Crippen LogP contribution in [0.15, 0.2) is 51.8 Å². The Labute approximate surface area is 137 Å². The number of benzene rings is 2. The number of sulfonamides is 1. The molecule has 0 fully saturated rings. The van der Waals surface area contributed by atoms with Gasteiger partial charge in [-0.1, -0.05) is 46.3 Å². The lowest BCUT2D eigenvalue weighted by molar-refractivity contribution is 0.600. The van der Waals surface area contributed by atoms with Crippen molar-refractivity contribution >= 4 is 48.8 Å². The van der Waals surface area contributed by atoms with Gasteiger partial charge in [-0.05, 0) is 36.8 Å². The largest absolute Gasteiger partial charge is 0.389 e. The molecular formula is C14H13BrN2O2S2. The minimum atomic E-state index is -3.69. The fourth-order valence-electron chi connectivity index (χ4n) is 1.87. The molecule has 0 aliphatic rings. The van der Waals surface area contributed by atoms with Gasteiger partial charge in [-0.3, -0.25) is 4.72 Å². The second-order valence-corrected chi connectivity index (χ2v) is 7.43. The summed E-state index contributed by atoms with van der Waals surface area (Å²) in [4.78, 5) is 0.348. The molecule has 0 spiro atoms. The van der Waals surface area contributed by atoms with E-state index in [-0.39, 0.29) is 9.88 Å². The van der Waals surface area contributed by atoms with Crippen molar-refractivity contribution in [3.05, 3.63) is 58.1 Å². The molecule has 0 aliphatic heterocycles. The topological polar surface area (TPSA) is 72.2 Å². The number of anilines is 1. The summed E-state index contributed by atoms with van der Waals surface area (Å²) in [5.41, 5.74) is 7.14. The van der Waals surface area contributed by atoms with Crippen molar-refractivity contribution in [3.8, 4) is 0 Å². The number of thiocarbonyl (C=S) groups is 1. The fraction of sp³-hybridized carbons (Fsp3) is 0.0714. The first-order valence-corrected chi connectivity index (χ1v) is 8.67. The summed E-state index contributed by atoms with van der Waals surface area (Å²) in [6, 6.07) is 11.8. The second-order valence-electron chi connectivity index (χ2n) is 4.43. The van der Waals surface area contributed by atoms with Crippen LogP contribution in [0.3, 0.4) is 0 Å². The Hall–Kier alpha value is -1.44. The second kappa shape index (κ2) is 6.13. The molecule has 0 amide bonds. The van der Waals surface area contributed by atoms with Crippen molar-refractivity contribution in [1.82, 2.24) is 0 Å². The SMILES string of the molecule is Cc1ccccc1S(=O)(=O)Nc1ccc(Br)cc1C(N)=S. The molecule has 0 unspecified atom stereocenters. The third-order valence-corrected chi connectivity index (χ3v) is 5.11. The monoisotopic (exact) mass is 384 g/mol. The molecule has 0 saturated carbocycles. The zero-order chi connectivity index (χ0) is 15.6. The van der Waals surface area contributed by atoms with E-state index in [4.69, 9.17) is 18.0 Å². The summed E-state index contributed by atoms with van der Waals surface area (Å²) < 4.78 is 28.3. The molecule has 21 heavy (non-hydrogen) atoms. The highest BCUT2D eigenvalue weighted by Crippen LogP contribution is 2.25. The molecule has 0 saturated heterocycles. The maximum Gasteiger partial charge on any atom is 0.262 e. The molecular weight excluding hydrogens is 372 g/mol. The van der Waals surface area contributed by atoms with Crippen LogP contribution in [0.1, 0.15) is 11.1 Å². The van der Waals surface area contributed by atoms with Gasteiger partial charge in [0.25, 0.3) is 10.0 Å². The van der Waals surface area contributed by atoms with Crippen molar-refractivity contribution in [1.29, 1.82) is 0 Å². The average molecular weight is 385 g/mol. The first-order chi connectivity index (χ1) is 9.81. The van der Waals surface area contributed by atoms with Gasteiger partial charge >= 0.3 is 0 Å². The average Bonchev–Trinajstić information content (AvgIpc) is 2.40. The molecule has 2 rings (SSSR count). The van der Waals surface area contributed by atoms with Gasteiger partial charge in [0, 0.05) is 10.0 Å². The number of aryl methyl sites for hydroxylation is 1. The number of hydrogen-bond donors (Lipinski definition) is 2. The summed E-state index contributed by atoms with van der Waals surface area (Å²) in [6.45, 7) is 1.74. The van der Waals surface area contributed by atoms with Crippen LogP contribution in [0.5, 0.6) is 0 Å². The highest BCUT2D eigenvalue weighted by molar-refractivity contribution is 9.10. The number of hydrogen-bond acceptors (Lipinski definition) is 3. The Morgan fingerprint density at radius 1 is 1.24 bits per heavy atom. The summed E-state index contributed by atoms with van der Waals surface area (Å²) in [5.74, 6) is 0. The van der Waals surface area contributed by atoms with Gasteiger partial charge in [-0.15, -0.1) is 0 Å². The van der Waals surface area contributed by atoms with Crippen molar-refractivity contribution in [3.63, 3.8) is 0 Å². The minimum absolute atomic E-state index is 0.124. The van der Waals surface area contributed by atoms with Crippen LogP contribution in [-0.4, -0.2) is 13.4 Å². The van der Waals surface area contributed by atoms with Gasteiger partial charge in [0.05, 0.1) is 10.6 Å². The molecule has 4 nitrogen and oxygen atoms in total. The van der Waals surface area contributed by atoms with E-state index in [0.717, 1.165) is 4.47 Å². The summed E-state index contributed by atoms with van der Waals surface area (Å²) >= 11 is 8.27. The Morgan fingerprint density at radius 3 is 2.52 bits per heavy atom. The molecule has 2 aromatic rings. The molecule has 3 N–H and O–H groups in total. The van der Waals surface area contributed by atoms with Gasteiger partial charge in [-0.25, -0.2) is 8.42 Å². The maximum absolute atomic E-state index is 12.5. The zero-order valence-electron chi connectivity index (χ0n) is 11.1. The predicted octanol–water partition coefficient (Wildman–Crippen LogP) is 3.19. The Balaban J connectivity index is 2.47. The summed E-state index contributed by atoms with van der Waals surface area (Å²) in [6.07, 6.45) is 0. The molecule has 7 heteroatoms. The van der Waals surface area contributed by atoms with Crippen LogP contribution in [0.2, 0.25) is 0 Å². The number of nitrogens with two attached hydrogens (primary N) is 1. The van der Waals surface area contributed by atoms with Crippen LogP contribution in [0, 0.1) is 6.92 Å². The van der Waals surface area contributed by atoms with E-state index in [0.29, 0.717) is 16.8 Å². The molecule has 2 aromatic carbocycles. The van der Waals surface area contributed by atoms with Gasteiger partial charge in [0.1, 0.15) is 4.99 Å². The molecule has 0 aromatic heterocycles. The lowest BCUT2D eigenvalue weighted by Gasteiger charge is -2.13. The fourth-order valence-corrected chi connectivity index (χ4v) is 3.72. The first-order valence-electron chi connectivity index (χ1n) is 5.99. The third kappa shape index (κ3) is 3.61. The Kier molecular flexibility index (Phi) is 4.65. The Bertz CT molecular complexity index is 804. The van der Waals surface area contributed by atoms with Crippen LogP contribution in [0.4, 0.5) is 5.69 Å². The predicted molar refractivity (Wildman–Crippen MR) is 92.0 cm³/mol. The zero-order valence-corrected chi connectivity index (χ0v) is 14.3. The van der Waals surface area contributed by atoms with E-state index in [1.165, 1.54) is 0 Å². The number of halogens is 1. The smallest absolute Gasteiger partial charge is 0.262 e. The van der Waals surface area contributed by atoms with Gasteiger partial charge in [0.15, 0.2) is 0 Å². The van der Waals surface area contributed by atoms with E-state index >= 15 is 0 Å². The van der Waals surface area contributed by atoms with Crippen molar-refractivity contribution in [2.45, 2.75) is 11.8 Å². The molecule has 0 heterocycles. The highest BCUT2D eigenvalue weighted by atomic mass is 79.9. The third-order valence-electron chi connectivity index (χ3n) is 2.87. The molecule has 0 aliphatic carbocycles. The van der Waals surface area contributed by atoms with Crippen molar-refractivity contribution < 1.29 is 8.42 Å². The highest BCUT2D eigenvalue weighted by Gasteiger charge is 2.18. The van der Waals surface area contributed by atoms with Crippen LogP contribution < -0.4 is 10.5 Å². The normalized spacial score (nSPS) is 11.1. The summed E-state index contributed by atoms with van der Waals surface area (Å²) in [7, 11) is -3.69. The first kappa shape index (κ1) is 15.9. The molecule has 0 radical (unpaired) electrons. The van der Waals surface area contributed by atoms with E-state index in [2.05, 4.69) is 20.7 Å². The number of rotatable bonds is 4. The van der Waals surface area contributed by atoms with Crippen LogP contribution in [0.25, 0.3) is 0 Å². The van der Waals surface area contributed by atoms with Gasteiger partial charge in [-0.2, -0.15) is 0 Å². The lowest BCUT2D eigenvalue weighted by Crippen LogP contribution is -2.18. The van der Waals surface area contributed by atoms with Gasteiger partial charge < -0.3 is 5.73 Å². The van der Waals surface area contributed by atoms with E-state index in [9.17, 15) is 8.42 Å². The Morgan fingerprint density at radius 2 is 1.90 bits per heavy atom. The maximum atomic E-state index is 12.5. The van der Waals surface area contributed by atoms with Crippen LogP contribution in [-0.2, 0) is 10.0 Å². The standard InChI is InChI=1S/C14H13BrN2O2S2/c1-9-4-2-3-5-13(9)21(18,19)17-12-7-6-10(15)8-11(12)14(16)20/h2-8,17H,1H3,(H2,16,20). The lowest BCUT2D eigenvalue weighted by atomic mass is 10.2. The molecule has 0 bridgehead atoms. The van der Waals surface area contributed by atoms with E-state index in [1.807, 2.05) is 0 Å². The van der Waals surface area contributed by atoms with Gasteiger partial charge in [0.2, 0.25) is 0 Å². The molecule has 110 valence electrons. The minimum Gasteiger partial charge on any atom is -0.389 e. The van der Waals surface area contributed by atoms with E-state index < -0.39 is 10.0 Å². The number of nitrogens with one attached hydrogen (secondary N) is 1. The molecule has 0 atom stereocenters. The van der Waals surface area contributed by atoms with E-state index in [1.54, 1.807) is 49.4 Å². The van der Waals surface area contributed by atoms with Crippen molar-refractivity contribution in [2.24, 2.45) is 5.73 Å². The quantitative estimate of drug-likeness (QED) is 0.793. The summed E-state index contributed by atoms with van der Waals surface area (Å²) in [5, 5.41) is 0. The van der Waals surface area contributed by atoms with Crippen molar-refractivity contribution in [2.75, 3.05) is 4.72 Å². The van der Waals surface area contributed by atoms with Crippen LogP contribution >= 0.6 is 28.1 Å².